The minimum Gasteiger partial charge on any atom is -0.463 e. The maximum Gasteiger partial charge on any atom is 0.321 e. The molecular weight excluding hydrogens is 278 g/mol. The first-order chi connectivity index (χ1) is 10.2. The van der Waals surface area contributed by atoms with E-state index < -0.39 is 11.6 Å². The van der Waals surface area contributed by atoms with Gasteiger partial charge in [0.1, 0.15) is 0 Å². The Balaban J connectivity index is 2.45. The molecule has 0 aliphatic carbocycles. The maximum atomic E-state index is 13.9. The summed E-state index contributed by atoms with van der Waals surface area (Å²) in [6.45, 7) is 4.83. The molecule has 2 aromatic rings. The van der Waals surface area contributed by atoms with Gasteiger partial charge in [-0.05, 0) is 25.5 Å². The van der Waals surface area contributed by atoms with Crippen molar-refractivity contribution >= 4 is 5.95 Å². The van der Waals surface area contributed by atoms with Crippen LogP contribution in [0.1, 0.15) is 20.3 Å². The van der Waals surface area contributed by atoms with Crippen molar-refractivity contribution in [1.82, 2.24) is 15.0 Å². The molecule has 0 bridgehead atoms. The van der Waals surface area contributed by atoms with Gasteiger partial charge < -0.3 is 10.1 Å². The van der Waals surface area contributed by atoms with E-state index in [1.807, 2.05) is 13.8 Å². The minimum atomic E-state index is -0.993. The molecule has 1 N–H and O–H groups in total. The van der Waals surface area contributed by atoms with E-state index in [4.69, 9.17) is 4.74 Å². The molecule has 0 amide bonds. The van der Waals surface area contributed by atoms with Crippen LogP contribution in [0, 0.1) is 11.6 Å². The van der Waals surface area contributed by atoms with Crippen molar-refractivity contribution in [2.45, 2.75) is 20.3 Å². The van der Waals surface area contributed by atoms with Crippen molar-refractivity contribution in [2.75, 3.05) is 18.5 Å². The second kappa shape index (κ2) is 6.92. The third-order valence-corrected chi connectivity index (χ3v) is 2.58. The molecule has 0 spiro atoms. The van der Waals surface area contributed by atoms with Gasteiger partial charge in [-0.3, -0.25) is 0 Å². The van der Waals surface area contributed by atoms with E-state index in [9.17, 15) is 8.78 Å². The molecule has 0 saturated carbocycles. The predicted molar refractivity (Wildman–Crippen MR) is 75.1 cm³/mol. The molecule has 0 radical (unpaired) electrons. The molecule has 1 aromatic heterocycles. The highest BCUT2D eigenvalue weighted by molar-refractivity contribution is 5.57. The Morgan fingerprint density at radius 1 is 1.14 bits per heavy atom. The number of hydrogen-bond donors (Lipinski definition) is 1. The lowest BCUT2D eigenvalue weighted by molar-refractivity contribution is 0.292. The van der Waals surface area contributed by atoms with E-state index in [0.717, 1.165) is 12.5 Å². The molecule has 0 unspecified atom stereocenters. The standard InChI is InChI=1S/C14H16F2N4O/c1-3-8-21-14-19-12(18-13(20-14)17-4-2)9-6-5-7-10(15)11(9)16/h5-7H,3-4,8H2,1-2H3,(H,17,18,19,20). The van der Waals surface area contributed by atoms with E-state index >= 15 is 0 Å². The average Bonchev–Trinajstić information content (AvgIpc) is 2.48. The number of benzene rings is 1. The number of ether oxygens (including phenoxy) is 1. The second-order valence-electron chi connectivity index (χ2n) is 4.25. The molecule has 0 saturated heterocycles. The molecule has 2 rings (SSSR count). The molecule has 0 aliphatic heterocycles. The normalized spacial score (nSPS) is 10.5. The van der Waals surface area contributed by atoms with Crippen molar-refractivity contribution < 1.29 is 13.5 Å². The zero-order valence-corrected chi connectivity index (χ0v) is 11.9. The SMILES string of the molecule is CCCOc1nc(NCC)nc(-c2cccc(F)c2F)n1. The lowest BCUT2D eigenvalue weighted by atomic mass is 10.2. The molecule has 21 heavy (non-hydrogen) atoms. The van der Waals surface area contributed by atoms with Crippen LogP contribution in [0.5, 0.6) is 6.01 Å². The lowest BCUT2D eigenvalue weighted by Gasteiger charge is -2.09. The van der Waals surface area contributed by atoms with Gasteiger partial charge in [0.2, 0.25) is 5.95 Å². The first kappa shape index (κ1) is 15.1. The van der Waals surface area contributed by atoms with Crippen LogP contribution in [-0.2, 0) is 0 Å². The Kier molecular flexibility index (Phi) is 4.97. The maximum absolute atomic E-state index is 13.9. The zero-order valence-electron chi connectivity index (χ0n) is 11.9. The summed E-state index contributed by atoms with van der Waals surface area (Å²) in [5.41, 5.74) is -0.0297. The number of hydrogen-bond acceptors (Lipinski definition) is 5. The quantitative estimate of drug-likeness (QED) is 0.887. The molecule has 0 aliphatic rings. The van der Waals surface area contributed by atoms with E-state index in [1.54, 1.807) is 0 Å². The number of nitrogens with zero attached hydrogens (tertiary/aromatic N) is 3. The monoisotopic (exact) mass is 294 g/mol. The van der Waals surface area contributed by atoms with Crippen LogP contribution in [0.25, 0.3) is 11.4 Å². The topological polar surface area (TPSA) is 59.9 Å². The summed E-state index contributed by atoms with van der Waals surface area (Å²) in [4.78, 5) is 12.2. The summed E-state index contributed by atoms with van der Waals surface area (Å²) in [5.74, 6) is -1.65. The van der Waals surface area contributed by atoms with Crippen LogP contribution in [-0.4, -0.2) is 28.1 Å². The molecule has 7 heteroatoms. The van der Waals surface area contributed by atoms with Gasteiger partial charge in [-0.2, -0.15) is 15.0 Å². The van der Waals surface area contributed by atoms with E-state index in [0.29, 0.717) is 13.2 Å². The van der Waals surface area contributed by atoms with Gasteiger partial charge in [-0.25, -0.2) is 8.78 Å². The van der Waals surface area contributed by atoms with Crippen molar-refractivity contribution in [3.8, 4) is 17.4 Å². The molecule has 5 nitrogen and oxygen atoms in total. The summed E-state index contributed by atoms with van der Waals surface area (Å²) in [5, 5.41) is 2.91. The number of rotatable bonds is 6. The number of anilines is 1. The van der Waals surface area contributed by atoms with E-state index in [1.165, 1.54) is 12.1 Å². The second-order valence-corrected chi connectivity index (χ2v) is 4.25. The third kappa shape index (κ3) is 3.62. The Labute approximate surface area is 121 Å². The Hall–Kier alpha value is -2.31. The number of halogens is 2. The van der Waals surface area contributed by atoms with Gasteiger partial charge in [-0.1, -0.05) is 13.0 Å². The summed E-state index contributed by atoms with van der Waals surface area (Å²) >= 11 is 0. The van der Waals surface area contributed by atoms with Gasteiger partial charge in [0, 0.05) is 6.54 Å². The molecular formula is C14H16F2N4O. The summed E-state index contributed by atoms with van der Waals surface area (Å²) in [7, 11) is 0. The zero-order chi connectivity index (χ0) is 15.2. The fourth-order valence-electron chi connectivity index (χ4n) is 1.65. The smallest absolute Gasteiger partial charge is 0.321 e. The number of nitrogens with one attached hydrogen (secondary N) is 1. The lowest BCUT2D eigenvalue weighted by Crippen LogP contribution is -2.08. The Morgan fingerprint density at radius 2 is 1.95 bits per heavy atom. The minimum absolute atomic E-state index is 0.0297. The van der Waals surface area contributed by atoms with Gasteiger partial charge in [0.15, 0.2) is 17.5 Å². The first-order valence-electron chi connectivity index (χ1n) is 6.72. The Morgan fingerprint density at radius 3 is 2.67 bits per heavy atom. The molecule has 112 valence electrons. The molecule has 1 aromatic carbocycles. The van der Waals surface area contributed by atoms with Crippen molar-refractivity contribution in [2.24, 2.45) is 0 Å². The van der Waals surface area contributed by atoms with Gasteiger partial charge in [-0.15, -0.1) is 0 Å². The highest BCUT2D eigenvalue weighted by Gasteiger charge is 2.15. The molecule has 0 atom stereocenters. The van der Waals surface area contributed by atoms with Crippen LogP contribution >= 0.6 is 0 Å². The predicted octanol–water partition coefficient (Wildman–Crippen LogP) is 3.04. The first-order valence-corrected chi connectivity index (χ1v) is 6.72. The summed E-state index contributed by atoms with van der Waals surface area (Å²) in [6, 6.07) is 3.94. The third-order valence-electron chi connectivity index (χ3n) is 2.58. The van der Waals surface area contributed by atoms with Crippen LogP contribution in [0.15, 0.2) is 18.2 Å². The fraction of sp³-hybridized carbons (Fsp3) is 0.357. The average molecular weight is 294 g/mol. The van der Waals surface area contributed by atoms with Crippen LogP contribution < -0.4 is 10.1 Å². The molecule has 1 heterocycles. The number of aromatic nitrogens is 3. The van der Waals surface area contributed by atoms with E-state index in [-0.39, 0.29) is 23.3 Å². The van der Waals surface area contributed by atoms with Crippen molar-refractivity contribution in [3.63, 3.8) is 0 Å². The highest BCUT2D eigenvalue weighted by Crippen LogP contribution is 2.23. The Bertz CT molecular complexity index is 622. The molecule has 0 fully saturated rings. The summed E-state index contributed by atoms with van der Waals surface area (Å²) < 4.78 is 32.5. The summed E-state index contributed by atoms with van der Waals surface area (Å²) in [6.07, 6.45) is 0.784. The fourth-order valence-corrected chi connectivity index (χ4v) is 1.65. The van der Waals surface area contributed by atoms with Crippen LogP contribution in [0.3, 0.4) is 0 Å². The largest absolute Gasteiger partial charge is 0.463 e. The van der Waals surface area contributed by atoms with Gasteiger partial charge in [0.05, 0.1) is 12.2 Å². The highest BCUT2D eigenvalue weighted by atomic mass is 19.2. The van der Waals surface area contributed by atoms with Crippen molar-refractivity contribution in [1.29, 1.82) is 0 Å². The van der Waals surface area contributed by atoms with Gasteiger partial charge in [0.25, 0.3) is 0 Å². The van der Waals surface area contributed by atoms with E-state index in [2.05, 4.69) is 20.3 Å². The van der Waals surface area contributed by atoms with Crippen LogP contribution in [0.2, 0.25) is 0 Å². The van der Waals surface area contributed by atoms with Gasteiger partial charge >= 0.3 is 6.01 Å². The van der Waals surface area contributed by atoms with Crippen molar-refractivity contribution in [3.05, 3.63) is 29.8 Å². The van der Waals surface area contributed by atoms with Crippen LogP contribution in [0.4, 0.5) is 14.7 Å².